The van der Waals surface area contributed by atoms with Crippen molar-refractivity contribution in [3.05, 3.63) is 71.4 Å². The van der Waals surface area contributed by atoms with Crippen LogP contribution in [0.5, 0.6) is 5.88 Å². The molecular formula is C26H28N4O3. The van der Waals surface area contributed by atoms with Crippen LogP contribution in [0.25, 0.3) is 11.1 Å². The molecule has 2 unspecified atom stereocenters. The van der Waals surface area contributed by atoms with Crippen LogP contribution in [0.15, 0.2) is 48.9 Å². The number of nitrogens with one attached hydrogen (secondary N) is 1. The SMILES string of the molecule is Cc1ncc(-c2cccc3c2CC(NC(=O)c2ccc(OCC4CCCO4)nc2)CC3)cn1. The molecule has 0 spiro atoms. The Kier molecular flexibility index (Phi) is 6.30. The topological polar surface area (TPSA) is 86.2 Å². The Morgan fingerprint density at radius 1 is 1.12 bits per heavy atom. The summed E-state index contributed by atoms with van der Waals surface area (Å²) in [5.41, 5.74) is 5.27. The van der Waals surface area contributed by atoms with Gasteiger partial charge < -0.3 is 14.8 Å². The predicted octanol–water partition coefficient (Wildman–Crippen LogP) is 3.69. The van der Waals surface area contributed by atoms with Crippen molar-refractivity contribution < 1.29 is 14.3 Å². The number of aryl methyl sites for hydroxylation is 2. The van der Waals surface area contributed by atoms with Gasteiger partial charge in [0.05, 0.1) is 11.7 Å². The number of hydrogen-bond acceptors (Lipinski definition) is 6. The first-order chi connectivity index (χ1) is 16.2. The zero-order valence-corrected chi connectivity index (χ0v) is 18.8. The van der Waals surface area contributed by atoms with E-state index in [0.29, 0.717) is 18.1 Å². The van der Waals surface area contributed by atoms with E-state index in [-0.39, 0.29) is 18.1 Å². The highest BCUT2D eigenvalue weighted by Crippen LogP contribution is 2.31. The van der Waals surface area contributed by atoms with Crippen molar-refractivity contribution in [3.63, 3.8) is 0 Å². The second kappa shape index (κ2) is 9.67. The van der Waals surface area contributed by atoms with Gasteiger partial charge in [0.2, 0.25) is 5.88 Å². The minimum absolute atomic E-state index is 0.0629. The van der Waals surface area contributed by atoms with Crippen LogP contribution < -0.4 is 10.1 Å². The second-order valence-corrected chi connectivity index (χ2v) is 8.71. The maximum Gasteiger partial charge on any atom is 0.253 e. The molecule has 1 aromatic carbocycles. The van der Waals surface area contributed by atoms with Gasteiger partial charge in [-0.1, -0.05) is 18.2 Å². The number of fused-ring (bicyclic) bond motifs is 1. The zero-order chi connectivity index (χ0) is 22.6. The fourth-order valence-corrected chi connectivity index (χ4v) is 4.54. The third kappa shape index (κ3) is 5.03. The quantitative estimate of drug-likeness (QED) is 0.624. The number of carbonyl (C=O) groups excluding carboxylic acids is 1. The fourth-order valence-electron chi connectivity index (χ4n) is 4.54. The van der Waals surface area contributed by atoms with Crippen LogP contribution in [0.1, 0.15) is 46.6 Å². The first-order valence-corrected chi connectivity index (χ1v) is 11.6. The van der Waals surface area contributed by atoms with E-state index < -0.39 is 0 Å². The molecule has 0 radical (unpaired) electrons. The summed E-state index contributed by atoms with van der Waals surface area (Å²) in [6.45, 7) is 3.17. The van der Waals surface area contributed by atoms with Crippen LogP contribution in [0.2, 0.25) is 0 Å². The molecule has 1 aliphatic carbocycles. The van der Waals surface area contributed by atoms with E-state index in [0.717, 1.165) is 55.7 Å². The summed E-state index contributed by atoms with van der Waals surface area (Å²) in [5, 5.41) is 3.19. The molecule has 1 aliphatic heterocycles. The maximum absolute atomic E-state index is 12.9. The first kappa shape index (κ1) is 21.5. The Morgan fingerprint density at radius 2 is 2.00 bits per heavy atom. The summed E-state index contributed by atoms with van der Waals surface area (Å²) in [6.07, 6.45) is 10.2. The Labute approximate surface area is 193 Å². The van der Waals surface area contributed by atoms with Gasteiger partial charge >= 0.3 is 0 Å². The van der Waals surface area contributed by atoms with E-state index in [1.165, 1.54) is 11.1 Å². The Hall–Kier alpha value is -3.32. The molecule has 170 valence electrons. The van der Waals surface area contributed by atoms with Gasteiger partial charge in [-0.15, -0.1) is 0 Å². The van der Waals surface area contributed by atoms with Gasteiger partial charge in [-0.3, -0.25) is 4.79 Å². The molecule has 1 fully saturated rings. The normalized spacial score (nSPS) is 19.7. The van der Waals surface area contributed by atoms with E-state index in [2.05, 4.69) is 38.5 Å². The molecule has 5 rings (SSSR count). The summed E-state index contributed by atoms with van der Waals surface area (Å²) < 4.78 is 11.3. The summed E-state index contributed by atoms with van der Waals surface area (Å²) in [7, 11) is 0. The van der Waals surface area contributed by atoms with Crippen molar-refractivity contribution >= 4 is 5.91 Å². The molecule has 7 nitrogen and oxygen atoms in total. The molecule has 1 saturated heterocycles. The lowest BCUT2D eigenvalue weighted by molar-refractivity contribution is 0.0663. The van der Waals surface area contributed by atoms with Crippen LogP contribution >= 0.6 is 0 Å². The summed E-state index contributed by atoms with van der Waals surface area (Å²) in [5.74, 6) is 1.15. The number of ether oxygens (including phenoxy) is 2. The number of carbonyl (C=O) groups is 1. The number of nitrogens with zero attached hydrogens (tertiary/aromatic N) is 3. The minimum Gasteiger partial charge on any atom is -0.475 e. The van der Waals surface area contributed by atoms with Gasteiger partial charge in [0, 0.05) is 42.9 Å². The van der Waals surface area contributed by atoms with Gasteiger partial charge in [-0.05, 0) is 61.8 Å². The molecule has 0 saturated carbocycles. The monoisotopic (exact) mass is 444 g/mol. The predicted molar refractivity (Wildman–Crippen MR) is 124 cm³/mol. The molecule has 3 aromatic rings. The first-order valence-electron chi connectivity index (χ1n) is 11.6. The molecular weight excluding hydrogens is 416 g/mol. The number of hydrogen-bond donors (Lipinski definition) is 1. The highest BCUT2D eigenvalue weighted by Gasteiger charge is 2.24. The van der Waals surface area contributed by atoms with Gasteiger partial charge in [-0.25, -0.2) is 15.0 Å². The molecule has 2 aliphatic rings. The van der Waals surface area contributed by atoms with E-state index in [4.69, 9.17) is 9.47 Å². The number of benzene rings is 1. The fraction of sp³-hybridized carbons (Fsp3) is 0.385. The number of pyridine rings is 1. The number of rotatable bonds is 6. The average molecular weight is 445 g/mol. The van der Waals surface area contributed by atoms with Crippen LogP contribution in [0, 0.1) is 6.92 Å². The molecule has 7 heteroatoms. The van der Waals surface area contributed by atoms with E-state index in [1.807, 2.05) is 19.3 Å². The molecule has 1 N–H and O–H groups in total. The van der Waals surface area contributed by atoms with Gasteiger partial charge in [0.1, 0.15) is 12.4 Å². The highest BCUT2D eigenvalue weighted by atomic mass is 16.5. The largest absolute Gasteiger partial charge is 0.475 e. The smallest absolute Gasteiger partial charge is 0.253 e. The lowest BCUT2D eigenvalue weighted by atomic mass is 9.84. The Balaban J connectivity index is 1.23. The van der Waals surface area contributed by atoms with Crippen molar-refractivity contribution in [1.82, 2.24) is 20.3 Å². The summed E-state index contributed by atoms with van der Waals surface area (Å²) in [4.78, 5) is 25.9. The average Bonchev–Trinajstić information content (AvgIpc) is 3.37. The van der Waals surface area contributed by atoms with Crippen molar-refractivity contribution in [2.75, 3.05) is 13.2 Å². The van der Waals surface area contributed by atoms with Gasteiger partial charge in [-0.2, -0.15) is 0 Å². The molecule has 2 aromatic heterocycles. The van der Waals surface area contributed by atoms with Crippen LogP contribution in [-0.2, 0) is 17.6 Å². The standard InChI is InChI=1S/C26H28N4O3/c1-17-27-14-20(15-28-17)23-6-2-4-18-7-9-21(12-24(18)23)30-26(31)19-8-10-25(29-13-19)33-16-22-5-3-11-32-22/h2,4,6,8,10,13-15,21-22H,3,5,7,9,11-12,16H2,1H3,(H,30,31). The zero-order valence-electron chi connectivity index (χ0n) is 18.8. The number of amides is 1. The van der Waals surface area contributed by atoms with Crippen LogP contribution in [0.3, 0.4) is 0 Å². The summed E-state index contributed by atoms with van der Waals surface area (Å²) in [6, 6.07) is 9.94. The summed E-state index contributed by atoms with van der Waals surface area (Å²) >= 11 is 0. The Bertz CT molecular complexity index is 1110. The molecule has 3 heterocycles. The van der Waals surface area contributed by atoms with Crippen molar-refractivity contribution in [1.29, 1.82) is 0 Å². The van der Waals surface area contributed by atoms with E-state index in [9.17, 15) is 4.79 Å². The lowest BCUT2D eigenvalue weighted by Gasteiger charge is -2.27. The van der Waals surface area contributed by atoms with Crippen molar-refractivity contribution in [2.45, 2.75) is 51.2 Å². The van der Waals surface area contributed by atoms with Crippen LogP contribution in [0.4, 0.5) is 0 Å². The molecule has 1 amide bonds. The Morgan fingerprint density at radius 3 is 2.76 bits per heavy atom. The molecule has 2 atom stereocenters. The minimum atomic E-state index is -0.113. The third-order valence-corrected chi connectivity index (χ3v) is 6.35. The van der Waals surface area contributed by atoms with E-state index >= 15 is 0 Å². The number of aromatic nitrogens is 3. The van der Waals surface area contributed by atoms with Gasteiger partial charge in [0.15, 0.2) is 0 Å². The third-order valence-electron chi connectivity index (χ3n) is 6.35. The lowest BCUT2D eigenvalue weighted by Crippen LogP contribution is -2.39. The second-order valence-electron chi connectivity index (χ2n) is 8.71. The van der Waals surface area contributed by atoms with E-state index in [1.54, 1.807) is 18.3 Å². The molecule has 33 heavy (non-hydrogen) atoms. The molecule has 0 bridgehead atoms. The van der Waals surface area contributed by atoms with Crippen molar-refractivity contribution in [2.24, 2.45) is 0 Å². The van der Waals surface area contributed by atoms with Crippen molar-refractivity contribution in [3.8, 4) is 17.0 Å². The van der Waals surface area contributed by atoms with Crippen LogP contribution in [-0.4, -0.2) is 46.2 Å². The maximum atomic E-state index is 12.9. The van der Waals surface area contributed by atoms with Gasteiger partial charge in [0.25, 0.3) is 5.91 Å². The highest BCUT2D eigenvalue weighted by molar-refractivity contribution is 5.94.